The molecular weight excluding hydrogens is 515 g/mol. The van der Waals surface area contributed by atoms with Gasteiger partial charge in [0.25, 0.3) is 0 Å². The fourth-order valence-electron chi connectivity index (χ4n) is 5.19. The quantitative estimate of drug-likeness (QED) is 0.347. The number of fused-ring (bicyclic) bond motifs is 1. The highest BCUT2D eigenvalue weighted by Gasteiger charge is 2.34. The first-order chi connectivity index (χ1) is 17.9. The van der Waals surface area contributed by atoms with Crippen molar-refractivity contribution in [3.8, 4) is 5.75 Å². The third kappa shape index (κ3) is 6.14. The minimum absolute atomic E-state index is 0.0283. The highest BCUT2D eigenvalue weighted by molar-refractivity contribution is 7.91. The predicted octanol–water partition coefficient (Wildman–Crippen LogP) is 6.32. The molecule has 5 nitrogen and oxygen atoms in total. The van der Waals surface area contributed by atoms with Crippen LogP contribution in [0.5, 0.6) is 5.75 Å². The van der Waals surface area contributed by atoms with E-state index in [9.17, 15) is 26.4 Å². The molecular formula is C29H32F3NO4S. The molecule has 3 aromatic carbocycles. The summed E-state index contributed by atoms with van der Waals surface area (Å²) in [5.41, 5.74) is -0.0475. The maximum absolute atomic E-state index is 13.3. The van der Waals surface area contributed by atoms with E-state index in [4.69, 9.17) is 4.74 Å². The van der Waals surface area contributed by atoms with Crippen molar-refractivity contribution in [2.75, 3.05) is 26.0 Å². The van der Waals surface area contributed by atoms with Crippen molar-refractivity contribution in [3.05, 3.63) is 71.8 Å². The summed E-state index contributed by atoms with van der Waals surface area (Å²) in [6, 6.07) is 15.7. The minimum Gasteiger partial charge on any atom is -0.497 e. The Balaban J connectivity index is 1.36. The van der Waals surface area contributed by atoms with E-state index in [1.54, 1.807) is 7.11 Å². The van der Waals surface area contributed by atoms with Gasteiger partial charge >= 0.3 is 6.18 Å². The molecule has 38 heavy (non-hydrogen) atoms. The van der Waals surface area contributed by atoms with Crippen LogP contribution in [0.4, 0.5) is 13.2 Å². The van der Waals surface area contributed by atoms with E-state index in [0.717, 1.165) is 34.2 Å². The van der Waals surface area contributed by atoms with E-state index < -0.39 is 21.6 Å². The molecule has 3 aromatic rings. The number of carbonyl (C=O) groups is 1. The second-order valence-electron chi connectivity index (χ2n) is 10.1. The van der Waals surface area contributed by atoms with Crippen LogP contribution in [-0.2, 0) is 20.8 Å². The van der Waals surface area contributed by atoms with Crippen molar-refractivity contribution >= 4 is 26.5 Å². The van der Waals surface area contributed by atoms with Crippen LogP contribution >= 0.6 is 0 Å². The van der Waals surface area contributed by atoms with Gasteiger partial charge in [-0.15, -0.1) is 0 Å². The summed E-state index contributed by atoms with van der Waals surface area (Å²) in [5.74, 6) is 0.0595. The van der Waals surface area contributed by atoms with Gasteiger partial charge in [-0.25, -0.2) is 8.42 Å². The minimum atomic E-state index is -4.60. The molecule has 9 heteroatoms. The van der Waals surface area contributed by atoms with Crippen LogP contribution in [0.2, 0.25) is 0 Å². The number of hydrogen-bond donors (Lipinski definition) is 0. The number of benzene rings is 3. The molecule has 1 aliphatic rings. The predicted molar refractivity (Wildman–Crippen MR) is 141 cm³/mol. The number of rotatable bonds is 7. The van der Waals surface area contributed by atoms with Crippen LogP contribution in [0.25, 0.3) is 10.8 Å². The summed E-state index contributed by atoms with van der Waals surface area (Å²) in [7, 11) is -2.26. The molecule has 0 N–H and O–H groups in total. The zero-order chi connectivity index (χ0) is 27.7. The highest BCUT2D eigenvalue weighted by atomic mass is 32.2. The van der Waals surface area contributed by atoms with Gasteiger partial charge < -0.3 is 9.64 Å². The first kappa shape index (κ1) is 28.0. The summed E-state index contributed by atoms with van der Waals surface area (Å²) in [5, 5.41) is 2.06. The van der Waals surface area contributed by atoms with Gasteiger partial charge in [0.1, 0.15) is 5.75 Å². The molecule has 0 saturated carbocycles. The number of likely N-dealkylation sites (tertiary alicyclic amines) is 1. The van der Waals surface area contributed by atoms with E-state index in [1.165, 1.54) is 6.07 Å². The number of halogens is 3. The third-order valence-corrected chi connectivity index (χ3v) is 9.54. The molecule has 4 rings (SSSR count). The first-order valence-corrected chi connectivity index (χ1v) is 14.3. The monoisotopic (exact) mass is 547 g/mol. The van der Waals surface area contributed by atoms with Gasteiger partial charge in [-0.05, 0) is 78.3 Å². The van der Waals surface area contributed by atoms with Gasteiger partial charge in [0.2, 0.25) is 5.91 Å². The lowest BCUT2D eigenvalue weighted by Crippen LogP contribution is -2.42. The number of nitrogens with zero attached hydrogens (tertiary/aromatic N) is 1. The van der Waals surface area contributed by atoms with Crippen molar-refractivity contribution in [1.29, 1.82) is 0 Å². The number of alkyl halides is 3. The molecule has 0 aromatic heterocycles. The van der Waals surface area contributed by atoms with Crippen LogP contribution in [0.1, 0.15) is 43.7 Å². The topological polar surface area (TPSA) is 63.7 Å². The van der Waals surface area contributed by atoms with Gasteiger partial charge in [-0.1, -0.05) is 37.3 Å². The molecule has 1 amide bonds. The number of piperidine rings is 1. The largest absolute Gasteiger partial charge is 0.497 e. The van der Waals surface area contributed by atoms with E-state index in [2.05, 4.69) is 0 Å². The van der Waals surface area contributed by atoms with Gasteiger partial charge in [-0.3, -0.25) is 4.79 Å². The van der Waals surface area contributed by atoms with Crippen molar-refractivity contribution < 1.29 is 31.1 Å². The molecule has 0 radical (unpaired) electrons. The summed E-state index contributed by atoms with van der Waals surface area (Å²) in [6.45, 7) is 4.75. The average Bonchev–Trinajstić information content (AvgIpc) is 2.91. The number of sulfone groups is 1. The lowest BCUT2D eigenvalue weighted by molar-refractivity contribution is -0.137. The molecule has 0 aliphatic carbocycles. The van der Waals surface area contributed by atoms with Crippen LogP contribution in [0.15, 0.2) is 65.6 Å². The van der Waals surface area contributed by atoms with Gasteiger partial charge in [-0.2, -0.15) is 13.2 Å². The Labute approximate surface area is 221 Å². The van der Waals surface area contributed by atoms with Crippen molar-refractivity contribution in [3.63, 3.8) is 0 Å². The Kier molecular flexibility index (Phi) is 8.06. The average molecular weight is 548 g/mol. The second kappa shape index (κ2) is 11.0. The molecule has 1 fully saturated rings. The van der Waals surface area contributed by atoms with E-state index in [0.29, 0.717) is 32.0 Å². The highest BCUT2D eigenvalue weighted by Crippen LogP contribution is 2.33. The van der Waals surface area contributed by atoms with Crippen molar-refractivity contribution in [2.45, 2.75) is 43.7 Å². The van der Waals surface area contributed by atoms with Crippen LogP contribution in [0, 0.1) is 11.8 Å². The second-order valence-corrected chi connectivity index (χ2v) is 12.2. The SMILES string of the molecule is COc1ccc2cc([C@H](C)C(=O)N3CCC(C(C)CS(=O)(=O)c4cccc(C(F)(F)F)c4)CC3)ccc2c1. The van der Waals surface area contributed by atoms with Gasteiger partial charge in [0.15, 0.2) is 9.84 Å². The van der Waals surface area contributed by atoms with Crippen LogP contribution in [-0.4, -0.2) is 45.2 Å². The maximum Gasteiger partial charge on any atom is 0.416 e. The Morgan fingerprint density at radius 2 is 1.66 bits per heavy atom. The molecule has 1 unspecified atom stereocenters. The van der Waals surface area contributed by atoms with E-state index >= 15 is 0 Å². The van der Waals surface area contributed by atoms with Crippen LogP contribution in [0.3, 0.4) is 0 Å². The Morgan fingerprint density at radius 3 is 2.32 bits per heavy atom. The number of ether oxygens (including phenoxy) is 1. The van der Waals surface area contributed by atoms with Crippen LogP contribution < -0.4 is 4.74 Å². The fraction of sp³-hybridized carbons (Fsp3) is 0.414. The molecule has 0 spiro atoms. The van der Waals surface area contributed by atoms with Crippen molar-refractivity contribution in [1.82, 2.24) is 4.90 Å². The molecule has 0 bridgehead atoms. The molecule has 1 aliphatic heterocycles. The summed E-state index contributed by atoms with van der Waals surface area (Å²) >= 11 is 0. The maximum atomic E-state index is 13.3. The lowest BCUT2D eigenvalue weighted by Gasteiger charge is -2.36. The van der Waals surface area contributed by atoms with Crippen molar-refractivity contribution in [2.24, 2.45) is 11.8 Å². The normalized spacial score (nSPS) is 16.8. The lowest BCUT2D eigenvalue weighted by atomic mass is 9.86. The number of amides is 1. The first-order valence-electron chi connectivity index (χ1n) is 12.7. The van der Waals surface area contributed by atoms with E-state index in [-0.39, 0.29) is 34.3 Å². The Bertz CT molecular complexity index is 1410. The summed E-state index contributed by atoms with van der Waals surface area (Å²) < 4.78 is 70.1. The molecule has 1 heterocycles. The zero-order valence-electron chi connectivity index (χ0n) is 21.7. The van der Waals surface area contributed by atoms with Gasteiger partial charge in [0, 0.05) is 13.1 Å². The fourth-order valence-corrected chi connectivity index (χ4v) is 6.94. The Morgan fingerprint density at radius 1 is 1.00 bits per heavy atom. The Hall–Kier alpha value is -3.07. The molecule has 204 valence electrons. The number of methoxy groups -OCH3 is 1. The van der Waals surface area contributed by atoms with E-state index in [1.807, 2.05) is 55.1 Å². The number of hydrogen-bond acceptors (Lipinski definition) is 4. The zero-order valence-corrected chi connectivity index (χ0v) is 22.5. The summed E-state index contributed by atoms with van der Waals surface area (Å²) in [6.07, 6.45) is -3.31. The smallest absolute Gasteiger partial charge is 0.416 e. The number of carbonyl (C=O) groups excluding carboxylic acids is 1. The third-order valence-electron chi connectivity index (χ3n) is 7.60. The summed E-state index contributed by atoms with van der Waals surface area (Å²) in [4.78, 5) is 14.8. The van der Waals surface area contributed by atoms with Gasteiger partial charge in [0.05, 0.1) is 29.2 Å². The standard InChI is InChI=1S/C29H32F3NO4S/c1-19(18-38(35,36)27-6-4-5-25(17-27)29(30,31)32)21-11-13-33(14-12-21)28(34)20(2)22-7-8-24-16-26(37-3)10-9-23(24)15-22/h4-10,15-17,19-21H,11-14,18H2,1-3H3/t19?,20-/m0/s1. The molecule has 2 atom stereocenters. The molecule has 1 saturated heterocycles.